The highest BCUT2D eigenvalue weighted by Crippen LogP contribution is 2.37. The van der Waals surface area contributed by atoms with Crippen LogP contribution < -0.4 is 10.6 Å². The van der Waals surface area contributed by atoms with Crippen molar-refractivity contribution in [3.05, 3.63) is 0 Å². The van der Waals surface area contributed by atoms with Crippen molar-refractivity contribution in [1.82, 2.24) is 10.6 Å². The first-order chi connectivity index (χ1) is 34.0. The number of aliphatic hydroxyl groups is 9. The molecule has 26 atom stereocenters. The third kappa shape index (κ3) is 14.8. The van der Waals surface area contributed by atoms with Gasteiger partial charge >= 0.3 is 0 Å². The van der Waals surface area contributed by atoms with Crippen LogP contribution in [0.5, 0.6) is 0 Å². The van der Waals surface area contributed by atoms with Crippen LogP contribution in [0.25, 0.3) is 0 Å². The summed E-state index contributed by atoms with van der Waals surface area (Å²) in [5.41, 5.74) is -2.09. The van der Waals surface area contributed by atoms with E-state index in [1.807, 2.05) is 0 Å². The third-order valence-corrected chi connectivity index (χ3v) is 12.0. The average molecular weight is 1060 g/mol. The van der Waals surface area contributed by atoms with Crippen molar-refractivity contribution in [2.24, 2.45) is 0 Å². The van der Waals surface area contributed by atoms with E-state index in [4.69, 9.17) is 56.8 Å². The smallest absolute Gasteiger partial charge is 0.295 e. The molecule has 5 saturated heterocycles. The van der Waals surface area contributed by atoms with Gasteiger partial charge in [0.25, 0.3) is 6.47 Å². The number of aliphatic hydroxyl groups excluding tert-OH is 9. The fourth-order valence-corrected chi connectivity index (χ4v) is 8.70. The Kier molecular flexibility index (Phi) is 20.9. The highest BCUT2D eigenvalue weighted by molar-refractivity contribution is 5.77. The summed E-state index contributed by atoms with van der Waals surface area (Å²) in [5.74, 6) is -1.34. The number of ether oxygens (including phenoxy) is 12. The quantitative estimate of drug-likeness (QED) is 0.0536. The Morgan fingerprint density at radius 2 is 0.986 bits per heavy atom. The minimum Gasteiger partial charge on any atom is -0.435 e. The predicted molar refractivity (Wildman–Crippen MR) is 233 cm³/mol. The molecule has 5 fully saturated rings. The largest absolute Gasteiger partial charge is 0.435 e. The highest BCUT2D eigenvalue weighted by atomic mass is 16.8. The van der Waals surface area contributed by atoms with Gasteiger partial charge in [-0.2, -0.15) is 0 Å². The van der Waals surface area contributed by atoms with Gasteiger partial charge < -0.3 is 128 Å². The van der Waals surface area contributed by atoms with Crippen LogP contribution in [-0.4, -0.2) is 254 Å². The molecule has 0 radical (unpaired) electrons. The Morgan fingerprint density at radius 1 is 0.521 bits per heavy atom. The van der Waals surface area contributed by atoms with Crippen molar-refractivity contribution in [3.63, 3.8) is 0 Å². The van der Waals surface area contributed by atoms with Crippen molar-refractivity contribution in [2.45, 2.75) is 240 Å². The molecule has 0 aromatic rings. The third-order valence-electron chi connectivity index (χ3n) is 12.0. The standard InChI is InChI=1S/C44H70N2O27/c1-15(51)10-21(53)46-22-16(2)63-38(28(58)25(22)55)70-36-27(57)30(60)40(71-42(36)62-14-50)69-35-31(61)41(66-20(13-49)33(35)72-43(4,5)6)67-32-19(12-48)65-39(29(59)26(32)56)68-34-23(45-17(3)52)37(73-44(7,8)9)64-18(11-47)24(34)54/h11-16,18-20,22-42,51,54-61H,10H2,1-9H3,(H,45,52)(H,46,53)/t15-,16?,18?,19?,20?,22-,23?,24-,25+,26-,27-,28?,29?,30?,31?,32-,33-,34-,35-,36+,37+,38-,39+,40-,41+,42?/m1/s1. The van der Waals surface area contributed by atoms with Gasteiger partial charge in [0.15, 0.2) is 56.4 Å². The lowest BCUT2D eigenvalue weighted by atomic mass is 9.94. The van der Waals surface area contributed by atoms with Crippen LogP contribution in [0, 0.1) is 0 Å². The van der Waals surface area contributed by atoms with Crippen LogP contribution in [-0.2, 0) is 85.6 Å². The molecule has 11 N–H and O–H groups in total. The average Bonchev–Trinajstić information content (AvgIpc) is 3.29. The van der Waals surface area contributed by atoms with Gasteiger partial charge in [0.2, 0.25) is 18.1 Å². The van der Waals surface area contributed by atoms with Crippen molar-refractivity contribution in [3.8, 4) is 0 Å². The molecule has 0 bridgehead atoms. The molecule has 29 nitrogen and oxygen atoms in total. The maximum atomic E-state index is 12.7. The Hall–Kier alpha value is -3.38. The van der Waals surface area contributed by atoms with Crippen molar-refractivity contribution in [1.29, 1.82) is 0 Å². The SMILES string of the molecule is CC(=O)NC1[C@H](OC(C)(C)C)OC(C=O)[C@@H](O)[C@@H]1O[C@@H]1OC(C=O)[C@@H](O[C@@H]2OC(C=O)[C@@H](OC(C)(C)C)[C@H](O[C@@H]3OC(OC=O)[C@@H](O[C@H]4OC(C)[C@@H](NC(=O)C[C@@H](C)O)[C@H](O)C4O)[C@H](O)C3O)C2O)[C@H](O)C1O. The first kappa shape index (κ1) is 60.5. The van der Waals surface area contributed by atoms with Crippen LogP contribution in [0.3, 0.4) is 0 Å². The molecule has 0 aromatic carbocycles. The van der Waals surface area contributed by atoms with Gasteiger partial charge in [0.1, 0.15) is 97.6 Å². The molecule has 2 amide bonds. The Balaban J connectivity index is 1.36. The summed E-state index contributed by atoms with van der Waals surface area (Å²) < 4.78 is 68.9. The minimum atomic E-state index is -2.21. The molecule has 5 rings (SSSR count). The van der Waals surface area contributed by atoms with E-state index in [9.17, 15) is 74.7 Å². The molecule has 418 valence electrons. The Morgan fingerprint density at radius 3 is 1.52 bits per heavy atom. The fourth-order valence-electron chi connectivity index (χ4n) is 8.70. The number of carbonyl (C=O) groups is 6. The molecule has 29 heteroatoms. The van der Waals surface area contributed by atoms with Crippen molar-refractivity contribution < 1.29 is 132 Å². The Labute approximate surface area is 418 Å². The summed E-state index contributed by atoms with van der Waals surface area (Å²) in [6.07, 6.45) is -44.2. The normalized spacial score (nSPS) is 44.0. The summed E-state index contributed by atoms with van der Waals surface area (Å²) in [4.78, 5) is 73.7. The van der Waals surface area contributed by atoms with E-state index < -0.39 is 183 Å². The summed E-state index contributed by atoms with van der Waals surface area (Å²) in [5, 5.41) is 105. The van der Waals surface area contributed by atoms with Gasteiger partial charge in [-0.1, -0.05) is 0 Å². The van der Waals surface area contributed by atoms with E-state index in [0.29, 0.717) is 0 Å². The first-order valence-electron chi connectivity index (χ1n) is 23.4. The van der Waals surface area contributed by atoms with Crippen LogP contribution in [0.15, 0.2) is 0 Å². The molecule has 5 heterocycles. The van der Waals surface area contributed by atoms with Gasteiger partial charge in [-0.15, -0.1) is 0 Å². The zero-order valence-electron chi connectivity index (χ0n) is 41.4. The van der Waals surface area contributed by atoms with Crippen LogP contribution in [0.2, 0.25) is 0 Å². The van der Waals surface area contributed by atoms with E-state index in [0.717, 1.165) is 6.92 Å². The monoisotopic (exact) mass is 1060 g/mol. The molecular weight excluding hydrogens is 988 g/mol. The molecule has 5 aliphatic heterocycles. The molecule has 73 heavy (non-hydrogen) atoms. The van der Waals surface area contributed by atoms with Crippen molar-refractivity contribution in [2.75, 3.05) is 0 Å². The van der Waals surface area contributed by atoms with E-state index in [2.05, 4.69) is 10.6 Å². The van der Waals surface area contributed by atoms with E-state index >= 15 is 0 Å². The zero-order valence-corrected chi connectivity index (χ0v) is 41.4. The van der Waals surface area contributed by atoms with Gasteiger partial charge in [0.05, 0.1) is 35.9 Å². The summed E-state index contributed by atoms with van der Waals surface area (Å²) in [6.45, 7) is 13.3. The molecule has 10 unspecified atom stereocenters. The van der Waals surface area contributed by atoms with Crippen LogP contribution in [0.4, 0.5) is 0 Å². The number of hydrogen-bond acceptors (Lipinski definition) is 27. The second kappa shape index (κ2) is 25.2. The lowest BCUT2D eigenvalue weighted by molar-refractivity contribution is -0.402. The predicted octanol–water partition coefficient (Wildman–Crippen LogP) is -6.45. The van der Waals surface area contributed by atoms with Crippen molar-refractivity contribution >= 4 is 37.1 Å². The van der Waals surface area contributed by atoms with Gasteiger partial charge in [-0.05, 0) is 55.4 Å². The number of carbonyl (C=O) groups excluding carboxylic acids is 6. The number of hydrogen-bond donors (Lipinski definition) is 11. The lowest BCUT2D eigenvalue weighted by Crippen LogP contribution is -2.69. The minimum absolute atomic E-state index is 0.112. The molecule has 0 aromatic heterocycles. The van der Waals surface area contributed by atoms with E-state index in [1.54, 1.807) is 41.5 Å². The second-order valence-corrected chi connectivity index (χ2v) is 20.3. The highest BCUT2D eigenvalue weighted by Gasteiger charge is 2.58. The molecule has 5 aliphatic rings. The number of rotatable bonds is 19. The summed E-state index contributed by atoms with van der Waals surface area (Å²) in [7, 11) is 0. The van der Waals surface area contributed by atoms with Gasteiger partial charge in [0, 0.05) is 6.92 Å². The molecular formula is C44H70N2O27. The van der Waals surface area contributed by atoms with Gasteiger partial charge in [-0.3, -0.25) is 14.4 Å². The number of aldehydes is 3. The second-order valence-electron chi connectivity index (χ2n) is 20.3. The first-order valence-corrected chi connectivity index (χ1v) is 23.4. The van der Waals surface area contributed by atoms with E-state index in [1.165, 1.54) is 13.8 Å². The van der Waals surface area contributed by atoms with Crippen LogP contribution in [0.1, 0.15) is 68.7 Å². The maximum absolute atomic E-state index is 12.7. The molecule has 0 spiro atoms. The molecule has 0 aliphatic carbocycles. The summed E-state index contributed by atoms with van der Waals surface area (Å²) >= 11 is 0. The summed E-state index contributed by atoms with van der Waals surface area (Å²) in [6, 6.07) is -2.60. The number of amides is 2. The number of nitrogens with one attached hydrogen (secondary N) is 2. The van der Waals surface area contributed by atoms with E-state index in [-0.39, 0.29) is 31.8 Å². The topological polar surface area (TPSA) is 419 Å². The maximum Gasteiger partial charge on any atom is 0.295 e. The fraction of sp³-hybridized carbons (Fsp3) is 0.864. The van der Waals surface area contributed by atoms with Crippen LogP contribution >= 0.6 is 0 Å². The zero-order chi connectivity index (χ0) is 54.6. The lowest BCUT2D eigenvalue weighted by Gasteiger charge is -2.50. The molecule has 0 saturated carbocycles. The van der Waals surface area contributed by atoms with Gasteiger partial charge in [-0.25, -0.2) is 0 Å². The Bertz CT molecular complexity index is 1850.